The maximum Gasteiger partial charge on any atom is 0.0942 e. The van der Waals surface area contributed by atoms with Crippen LogP contribution in [0, 0.1) is 0 Å². The van der Waals surface area contributed by atoms with Crippen LogP contribution in [0.15, 0.2) is 28.7 Å². The Labute approximate surface area is 75.2 Å². The predicted molar refractivity (Wildman–Crippen MR) is 48.0 cm³/mol. The number of hydrogen-bond donors (Lipinski definition) is 0. The second kappa shape index (κ2) is 3.88. The summed E-state index contributed by atoms with van der Waals surface area (Å²) in [6.07, 6.45) is 0.0789. The lowest BCUT2D eigenvalue weighted by atomic mass is 10.1. The summed E-state index contributed by atoms with van der Waals surface area (Å²) in [7, 11) is 0. The van der Waals surface area contributed by atoms with Crippen LogP contribution in [0.3, 0.4) is 0 Å². The highest BCUT2D eigenvalue weighted by atomic mass is 79.9. The first-order chi connectivity index (χ1) is 5.20. The first kappa shape index (κ1) is 8.75. The fourth-order valence-electron chi connectivity index (χ4n) is 0.974. The molecule has 1 unspecified atom stereocenters. The van der Waals surface area contributed by atoms with Crippen LogP contribution in [0.4, 0.5) is 0 Å². The Morgan fingerprint density at radius 3 is 2.64 bits per heavy atom. The van der Waals surface area contributed by atoms with Crippen LogP contribution < -0.4 is 0 Å². The number of rotatable bonds is 2. The molecule has 0 aliphatic rings. The summed E-state index contributed by atoms with van der Waals surface area (Å²) in [4.78, 5) is 0. The molecule has 0 N–H and O–H groups in total. The maximum absolute atomic E-state index is 10.8. The zero-order chi connectivity index (χ0) is 8.27. The van der Waals surface area contributed by atoms with Gasteiger partial charge in [0.15, 0.2) is 0 Å². The van der Waals surface area contributed by atoms with E-state index >= 15 is 0 Å². The van der Waals surface area contributed by atoms with Gasteiger partial charge in [0.05, 0.1) is 6.10 Å². The molecule has 1 aromatic rings. The second-order valence-corrected chi connectivity index (χ2v) is 3.46. The van der Waals surface area contributed by atoms with Crippen molar-refractivity contribution in [2.45, 2.75) is 19.4 Å². The average molecular weight is 214 g/mol. The van der Waals surface area contributed by atoms with Crippen molar-refractivity contribution in [1.29, 1.82) is 0 Å². The molecule has 1 radical (unpaired) electrons. The SMILES string of the molecule is CC([O])Cc1ccccc1Br. The van der Waals surface area contributed by atoms with E-state index in [4.69, 9.17) is 0 Å². The van der Waals surface area contributed by atoms with Crippen LogP contribution in [0.2, 0.25) is 0 Å². The molecule has 0 bridgehead atoms. The molecule has 59 valence electrons. The zero-order valence-corrected chi connectivity index (χ0v) is 7.97. The van der Waals surface area contributed by atoms with Crippen molar-refractivity contribution in [3.63, 3.8) is 0 Å². The Hall–Kier alpha value is -0.340. The smallest absolute Gasteiger partial charge is 0.0942 e. The van der Waals surface area contributed by atoms with E-state index in [2.05, 4.69) is 15.9 Å². The fourth-order valence-corrected chi connectivity index (χ4v) is 1.42. The van der Waals surface area contributed by atoms with E-state index < -0.39 is 6.10 Å². The summed E-state index contributed by atoms with van der Waals surface area (Å²) in [5.74, 6) is 0. The number of benzene rings is 1. The lowest BCUT2D eigenvalue weighted by molar-refractivity contribution is 0.106. The Morgan fingerprint density at radius 1 is 1.45 bits per heavy atom. The zero-order valence-electron chi connectivity index (χ0n) is 6.38. The summed E-state index contributed by atoms with van der Waals surface area (Å²) in [5, 5.41) is 10.8. The van der Waals surface area contributed by atoms with Crippen molar-refractivity contribution in [3.05, 3.63) is 34.3 Å². The average Bonchev–Trinajstić information content (AvgIpc) is 1.93. The highest BCUT2D eigenvalue weighted by Crippen LogP contribution is 2.17. The van der Waals surface area contributed by atoms with E-state index in [9.17, 15) is 5.11 Å². The summed E-state index contributed by atoms with van der Waals surface area (Å²) in [6, 6.07) is 7.82. The van der Waals surface area contributed by atoms with Gasteiger partial charge in [-0.3, -0.25) is 0 Å². The molecule has 11 heavy (non-hydrogen) atoms. The van der Waals surface area contributed by atoms with Crippen LogP contribution in [0.5, 0.6) is 0 Å². The lowest BCUT2D eigenvalue weighted by Gasteiger charge is -2.03. The molecule has 0 spiro atoms. The van der Waals surface area contributed by atoms with E-state index in [0.717, 1.165) is 10.0 Å². The van der Waals surface area contributed by atoms with Gasteiger partial charge in [-0.1, -0.05) is 34.1 Å². The Balaban J connectivity index is 2.78. The molecule has 0 aliphatic heterocycles. The molecule has 0 heterocycles. The molecule has 0 amide bonds. The minimum atomic E-state index is -0.520. The molecule has 0 fully saturated rings. The Bertz CT molecular complexity index is 233. The van der Waals surface area contributed by atoms with Crippen molar-refractivity contribution >= 4 is 15.9 Å². The molecule has 1 nitrogen and oxygen atoms in total. The molecule has 2 heteroatoms. The third kappa shape index (κ3) is 2.64. The van der Waals surface area contributed by atoms with Crippen molar-refractivity contribution in [1.82, 2.24) is 0 Å². The minimum absolute atomic E-state index is 0.520. The minimum Gasteiger partial charge on any atom is -0.233 e. The predicted octanol–water partition coefficient (Wildman–Crippen LogP) is 2.81. The monoisotopic (exact) mass is 213 g/mol. The van der Waals surface area contributed by atoms with E-state index in [1.807, 2.05) is 24.3 Å². The largest absolute Gasteiger partial charge is 0.233 e. The van der Waals surface area contributed by atoms with Gasteiger partial charge in [0.1, 0.15) is 0 Å². The van der Waals surface area contributed by atoms with Gasteiger partial charge in [-0.2, -0.15) is 0 Å². The fraction of sp³-hybridized carbons (Fsp3) is 0.333. The molecule has 1 rings (SSSR count). The molecular formula is C9H10BrO. The van der Waals surface area contributed by atoms with E-state index in [-0.39, 0.29) is 0 Å². The van der Waals surface area contributed by atoms with Crippen LogP contribution >= 0.6 is 15.9 Å². The van der Waals surface area contributed by atoms with Gasteiger partial charge < -0.3 is 0 Å². The van der Waals surface area contributed by atoms with Gasteiger partial charge in [0, 0.05) is 10.9 Å². The third-order valence-corrected chi connectivity index (χ3v) is 2.24. The molecule has 0 saturated carbocycles. The molecule has 1 aromatic carbocycles. The Morgan fingerprint density at radius 2 is 2.09 bits per heavy atom. The van der Waals surface area contributed by atoms with Crippen molar-refractivity contribution in [2.75, 3.05) is 0 Å². The van der Waals surface area contributed by atoms with E-state index in [1.165, 1.54) is 0 Å². The molecule has 0 aliphatic carbocycles. The number of hydrogen-bond acceptors (Lipinski definition) is 0. The topological polar surface area (TPSA) is 19.9 Å². The Kier molecular flexibility index (Phi) is 3.09. The van der Waals surface area contributed by atoms with Crippen molar-refractivity contribution in [2.24, 2.45) is 0 Å². The third-order valence-electron chi connectivity index (χ3n) is 1.47. The summed E-state index contributed by atoms with van der Waals surface area (Å²) in [5.41, 5.74) is 1.09. The first-order valence-corrected chi connectivity index (χ1v) is 4.38. The van der Waals surface area contributed by atoms with Gasteiger partial charge in [0.2, 0.25) is 0 Å². The van der Waals surface area contributed by atoms with E-state index in [0.29, 0.717) is 6.42 Å². The van der Waals surface area contributed by atoms with Crippen LogP contribution in [0.25, 0.3) is 0 Å². The second-order valence-electron chi connectivity index (χ2n) is 2.61. The van der Waals surface area contributed by atoms with E-state index in [1.54, 1.807) is 6.92 Å². The highest BCUT2D eigenvalue weighted by molar-refractivity contribution is 9.10. The quantitative estimate of drug-likeness (QED) is 0.721. The summed E-state index contributed by atoms with van der Waals surface area (Å²) in [6.45, 7) is 1.68. The van der Waals surface area contributed by atoms with Gasteiger partial charge in [-0.05, 0) is 18.6 Å². The molecule has 0 aromatic heterocycles. The van der Waals surface area contributed by atoms with Gasteiger partial charge >= 0.3 is 0 Å². The van der Waals surface area contributed by atoms with Crippen molar-refractivity contribution in [3.8, 4) is 0 Å². The maximum atomic E-state index is 10.8. The van der Waals surface area contributed by atoms with Gasteiger partial charge in [0.25, 0.3) is 0 Å². The normalized spacial score (nSPS) is 13.0. The van der Waals surface area contributed by atoms with Gasteiger partial charge in [-0.25, -0.2) is 5.11 Å². The van der Waals surface area contributed by atoms with Gasteiger partial charge in [-0.15, -0.1) is 0 Å². The molecular weight excluding hydrogens is 204 g/mol. The van der Waals surface area contributed by atoms with Crippen molar-refractivity contribution < 1.29 is 5.11 Å². The van der Waals surface area contributed by atoms with Crippen LogP contribution in [-0.2, 0) is 11.5 Å². The van der Waals surface area contributed by atoms with Crippen LogP contribution in [0.1, 0.15) is 12.5 Å². The standard InChI is InChI=1S/C9H10BrO/c1-7(11)6-8-4-2-3-5-9(8)10/h2-5,7H,6H2,1H3. The molecule has 1 atom stereocenters. The first-order valence-electron chi connectivity index (χ1n) is 3.59. The summed E-state index contributed by atoms with van der Waals surface area (Å²) >= 11 is 3.39. The lowest BCUT2D eigenvalue weighted by Crippen LogP contribution is -2.02. The highest BCUT2D eigenvalue weighted by Gasteiger charge is 2.02. The van der Waals surface area contributed by atoms with Crippen LogP contribution in [-0.4, -0.2) is 6.10 Å². The molecule has 0 saturated heterocycles. The number of halogens is 1. The summed E-state index contributed by atoms with van der Waals surface area (Å²) < 4.78 is 1.03.